The minimum absolute atomic E-state index is 0.350. The first-order chi connectivity index (χ1) is 10.2. The molecule has 1 aliphatic heterocycles. The van der Waals surface area contributed by atoms with E-state index in [1.54, 1.807) is 4.68 Å². The molecule has 3 N–H and O–H groups in total. The summed E-state index contributed by atoms with van der Waals surface area (Å²) in [6.07, 6.45) is 4.18. The van der Waals surface area contributed by atoms with Crippen LogP contribution in [0.2, 0.25) is 0 Å². The Morgan fingerprint density at radius 1 is 1.14 bits per heavy atom. The molecule has 0 atom stereocenters. The SMILES string of the molecule is CC(C)c1ccn(-c2nc(NN)nc(N3CCCC3)n2)n1. The van der Waals surface area contributed by atoms with Gasteiger partial charge in [-0.25, -0.2) is 10.5 Å². The zero-order chi connectivity index (χ0) is 14.8. The molecular weight excluding hydrogens is 268 g/mol. The smallest absolute Gasteiger partial charge is 0.257 e. The van der Waals surface area contributed by atoms with Gasteiger partial charge in [0.05, 0.1) is 5.69 Å². The van der Waals surface area contributed by atoms with Gasteiger partial charge < -0.3 is 4.90 Å². The lowest BCUT2D eigenvalue weighted by molar-refractivity contribution is 0.733. The van der Waals surface area contributed by atoms with Crippen molar-refractivity contribution in [1.29, 1.82) is 0 Å². The van der Waals surface area contributed by atoms with Crippen molar-refractivity contribution < 1.29 is 0 Å². The Morgan fingerprint density at radius 3 is 2.48 bits per heavy atom. The van der Waals surface area contributed by atoms with Crippen molar-refractivity contribution in [2.75, 3.05) is 23.4 Å². The number of hydrogen-bond donors (Lipinski definition) is 2. The Hall–Kier alpha value is -2.22. The molecule has 8 nitrogen and oxygen atoms in total. The maximum Gasteiger partial charge on any atom is 0.257 e. The number of rotatable bonds is 4. The number of hydrazine groups is 1. The molecule has 112 valence electrons. The number of nitrogens with two attached hydrogens (primary N) is 1. The molecule has 0 saturated carbocycles. The molecule has 2 aromatic rings. The van der Waals surface area contributed by atoms with Crippen LogP contribution in [-0.4, -0.2) is 37.8 Å². The van der Waals surface area contributed by atoms with Gasteiger partial charge in [-0.15, -0.1) is 0 Å². The van der Waals surface area contributed by atoms with Crippen LogP contribution in [0.25, 0.3) is 5.95 Å². The second kappa shape index (κ2) is 5.65. The highest BCUT2D eigenvalue weighted by atomic mass is 15.4. The molecule has 3 rings (SSSR count). The van der Waals surface area contributed by atoms with E-state index in [0.717, 1.165) is 31.6 Å². The summed E-state index contributed by atoms with van der Waals surface area (Å²) in [6, 6.07) is 1.97. The standard InChI is InChI=1S/C13H20N8/c1-9(2)10-5-8-21(19-10)13-16-11(18-14)15-12(17-13)20-6-3-4-7-20/h5,8-9H,3-4,6-7,14H2,1-2H3,(H,15,16,17,18). The third kappa shape index (κ3) is 2.80. The van der Waals surface area contributed by atoms with Crippen LogP contribution in [0.15, 0.2) is 12.3 Å². The molecule has 0 aliphatic carbocycles. The van der Waals surface area contributed by atoms with Gasteiger partial charge >= 0.3 is 0 Å². The van der Waals surface area contributed by atoms with E-state index < -0.39 is 0 Å². The summed E-state index contributed by atoms with van der Waals surface area (Å²) in [6.45, 7) is 6.12. The number of aromatic nitrogens is 5. The lowest BCUT2D eigenvalue weighted by atomic mass is 10.1. The van der Waals surface area contributed by atoms with Crippen molar-refractivity contribution in [2.24, 2.45) is 5.84 Å². The van der Waals surface area contributed by atoms with Gasteiger partial charge in [0.15, 0.2) is 0 Å². The first-order valence-electron chi connectivity index (χ1n) is 7.21. The molecule has 2 aromatic heterocycles. The Labute approximate surface area is 123 Å². The molecule has 1 saturated heterocycles. The summed E-state index contributed by atoms with van der Waals surface area (Å²) in [5.41, 5.74) is 3.50. The molecule has 0 unspecified atom stereocenters. The van der Waals surface area contributed by atoms with Crippen LogP contribution < -0.4 is 16.2 Å². The highest BCUT2D eigenvalue weighted by Gasteiger charge is 2.18. The predicted molar refractivity (Wildman–Crippen MR) is 80.3 cm³/mol. The van der Waals surface area contributed by atoms with E-state index in [-0.39, 0.29) is 0 Å². The van der Waals surface area contributed by atoms with E-state index in [1.807, 2.05) is 12.3 Å². The number of nitrogens with one attached hydrogen (secondary N) is 1. The Bertz CT molecular complexity index is 614. The summed E-state index contributed by atoms with van der Waals surface area (Å²) < 4.78 is 1.66. The maximum absolute atomic E-state index is 5.47. The Kier molecular flexibility index (Phi) is 3.70. The molecule has 1 aliphatic rings. The van der Waals surface area contributed by atoms with E-state index >= 15 is 0 Å². The largest absolute Gasteiger partial charge is 0.341 e. The van der Waals surface area contributed by atoms with E-state index in [2.05, 4.69) is 44.2 Å². The topological polar surface area (TPSA) is 97.8 Å². The second-order valence-corrected chi connectivity index (χ2v) is 5.44. The lowest BCUT2D eigenvalue weighted by Gasteiger charge is -2.16. The fourth-order valence-corrected chi connectivity index (χ4v) is 2.34. The minimum atomic E-state index is 0.350. The summed E-state index contributed by atoms with van der Waals surface area (Å²) in [5.74, 6) is 7.30. The zero-order valence-corrected chi connectivity index (χ0v) is 12.3. The van der Waals surface area contributed by atoms with Crippen molar-refractivity contribution in [2.45, 2.75) is 32.6 Å². The van der Waals surface area contributed by atoms with Gasteiger partial charge in [-0.2, -0.15) is 20.1 Å². The third-order valence-corrected chi connectivity index (χ3v) is 3.54. The summed E-state index contributed by atoms with van der Waals surface area (Å²) in [4.78, 5) is 15.3. The van der Waals surface area contributed by atoms with Crippen LogP contribution in [0.3, 0.4) is 0 Å². The van der Waals surface area contributed by atoms with Gasteiger partial charge in [-0.05, 0) is 24.8 Å². The third-order valence-electron chi connectivity index (χ3n) is 3.54. The van der Waals surface area contributed by atoms with E-state index in [1.165, 1.54) is 0 Å². The van der Waals surface area contributed by atoms with Gasteiger partial charge in [0.2, 0.25) is 11.9 Å². The average molecular weight is 288 g/mol. The molecular formula is C13H20N8. The Morgan fingerprint density at radius 2 is 1.86 bits per heavy atom. The second-order valence-electron chi connectivity index (χ2n) is 5.44. The number of anilines is 2. The fraction of sp³-hybridized carbons (Fsp3) is 0.538. The predicted octanol–water partition coefficient (Wildman–Crippen LogP) is 1.07. The average Bonchev–Trinajstić information content (AvgIpc) is 3.18. The number of hydrogen-bond acceptors (Lipinski definition) is 7. The minimum Gasteiger partial charge on any atom is -0.341 e. The Balaban J connectivity index is 1.98. The van der Waals surface area contributed by atoms with Gasteiger partial charge in [0, 0.05) is 19.3 Å². The van der Waals surface area contributed by atoms with Crippen molar-refractivity contribution in [3.63, 3.8) is 0 Å². The first kappa shape index (κ1) is 13.7. The van der Waals surface area contributed by atoms with Crippen molar-refractivity contribution >= 4 is 11.9 Å². The van der Waals surface area contributed by atoms with E-state index in [9.17, 15) is 0 Å². The highest BCUT2D eigenvalue weighted by Crippen LogP contribution is 2.18. The lowest BCUT2D eigenvalue weighted by Crippen LogP contribution is -2.23. The van der Waals surface area contributed by atoms with Crippen LogP contribution in [0, 0.1) is 0 Å². The maximum atomic E-state index is 5.47. The van der Waals surface area contributed by atoms with Gasteiger partial charge in [-0.1, -0.05) is 13.8 Å². The zero-order valence-electron chi connectivity index (χ0n) is 12.3. The monoisotopic (exact) mass is 288 g/mol. The highest BCUT2D eigenvalue weighted by molar-refractivity contribution is 5.40. The van der Waals surface area contributed by atoms with Crippen LogP contribution in [0.5, 0.6) is 0 Å². The summed E-state index contributed by atoms with van der Waals surface area (Å²) in [5, 5.41) is 4.50. The molecule has 0 aromatic carbocycles. The normalized spacial score (nSPS) is 15.0. The van der Waals surface area contributed by atoms with Crippen LogP contribution >= 0.6 is 0 Å². The summed E-state index contributed by atoms with van der Waals surface area (Å²) in [7, 11) is 0. The van der Waals surface area contributed by atoms with Gasteiger partial charge in [0.25, 0.3) is 5.95 Å². The first-order valence-corrected chi connectivity index (χ1v) is 7.21. The number of nitrogens with zero attached hydrogens (tertiary/aromatic N) is 6. The van der Waals surface area contributed by atoms with Crippen molar-refractivity contribution in [1.82, 2.24) is 24.7 Å². The quantitative estimate of drug-likeness (QED) is 0.641. The molecule has 8 heteroatoms. The molecule has 0 bridgehead atoms. The van der Waals surface area contributed by atoms with Crippen LogP contribution in [-0.2, 0) is 0 Å². The fourth-order valence-electron chi connectivity index (χ4n) is 2.34. The number of nitrogen functional groups attached to an aromatic ring is 1. The van der Waals surface area contributed by atoms with E-state index in [0.29, 0.717) is 23.8 Å². The molecule has 3 heterocycles. The van der Waals surface area contributed by atoms with Gasteiger partial charge in [-0.3, -0.25) is 5.43 Å². The summed E-state index contributed by atoms with van der Waals surface area (Å²) >= 11 is 0. The van der Waals surface area contributed by atoms with Crippen molar-refractivity contribution in [3.05, 3.63) is 18.0 Å². The van der Waals surface area contributed by atoms with Gasteiger partial charge in [0.1, 0.15) is 0 Å². The molecule has 0 amide bonds. The van der Waals surface area contributed by atoms with E-state index in [4.69, 9.17) is 5.84 Å². The molecule has 0 radical (unpaired) electrons. The molecule has 1 fully saturated rings. The molecule has 0 spiro atoms. The van der Waals surface area contributed by atoms with Crippen molar-refractivity contribution in [3.8, 4) is 5.95 Å². The molecule has 21 heavy (non-hydrogen) atoms. The van der Waals surface area contributed by atoms with Crippen LogP contribution in [0.4, 0.5) is 11.9 Å². The van der Waals surface area contributed by atoms with Crippen LogP contribution in [0.1, 0.15) is 38.3 Å².